The first-order valence-electron chi connectivity index (χ1n) is 5.26. The molecule has 0 spiro atoms. The van der Waals surface area contributed by atoms with E-state index in [2.05, 4.69) is 10.2 Å². The van der Waals surface area contributed by atoms with Gasteiger partial charge in [-0.1, -0.05) is 6.07 Å². The summed E-state index contributed by atoms with van der Waals surface area (Å²) in [5, 5.41) is 8.28. The maximum absolute atomic E-state index is 13.5. The Bertz CT molecular complexity index is 671. The summed E-state index contributed by atoms with van der Waals surface area (Å²) in [5.74, 6) is 0.829. The van der Waals surface area contributed by atoms with E-state index in [1.165, 1.54) is 6.07 Å². The lowest BCUT2D eigenvalue weighted by atomic mass is 10.2. The minimum Gasteiger partial charge on any atom is -0.424 e. The first-order valence-corrected chi connectivity index (χ1v) is 5.26. The van der Waals surface area contributed by atoms with Crippen molar-refractivity contribution in [3.8, 4) is 0 Å². The van der Waals surface area contributed by atoms with E-state index in [0.29, 0.717) is 23.7 Å². The minimum absolute atomic E-state index is 0.219. The number of nitrogens with zero attached hydrogens (tertiary/aromatic N) is 3. The van der Waals surface area contributed by atoms with E-state index in [-0.39, 0.29) is 5.82 Å². The molecule has 0 atom stereocenters. The molecule has 5 heteroatoms. The SMILES string of the molecule is Cc1nnc(Cn2ccc3c(F)cccc32)o1. The van der Waals surface area contributed by atoms with Crippen molar-refractivity contribution in [2.45, 2.75) is 13.5 Å². The standard InChI is InChI=1S/C12H10FN3O/c1-8-14-15-12(17-8)7-16-6-5-9-10(13)3-2-4-11(9)16/h2-6H,7H2,1H3. The molecule has 0 unspecified atom stereocenters. The van der Waals surface area contributed by atoms with Crippen LogP contribution in [0.3, 0.4) is 0 Å². The van der Waals surface area contributed by atoms with Gasteiger partial charge in [0.05, 0.1) is 5.52 Å². The third-order valence-electron chi connectivity index (χ3n) is 2.63. The van der Waals surface area contributed by atoms with E-state index in [1.54, 1.807) is 19.1 Å². The number of hydrogen-bond acceptors (Lipinski definition) is 3. The Morgan fingerprint density at radius 1 is 1.29 bits per heavy atom. The molecule has 0 aliphatic carbocycles. The second-order valence-electron chi connectivity index (χ2n) is 3.83. The van der Waals surface area contributed by atoms with Crippen LogP contribution in [0.2, 0.25) is 0 Å². The van der Waals surface area contributed by atoms with Crippen molar-refractivity contribution >= 4 is 10.9 Å². The highest BCUT2D eigenvalue weighted by Gasteiger charge is 2.08. The first-order chi connectivity index (χ1) is 8.24. The molecule has 0 fully saturated rings. The lowest BCUT2D eigenvalue weighted by Crippen LogP contribution is -1.98. The van der Waals surface area contributed by atoms with Crippen molar-refractivity contribution in [3.63, 3.8) is 0 Å². The predicted octanol–water partition coefficient (Wildman–Crippen LogP) is 2.52. The normalized spacial score (nSPS) is 11.2. The Labute approximate surface area is 96.7 Å². The largest absolute Gasteiger partial charge is 0.424 e. The Morgan fingerprint density at radius 3 is 2.94 bits per heavy atom. The molecule has 0 bridgehead atoms. The zero-order chi connectivity index (χ0) is 11.8. The average Bonchev–Trinajstić information content (AvgIpc) is 2.88. The quantitative estimate of drug-likeness (QED) is 0.680. The Hall–Kier alpha value is -2.17. The van der Waals surface area contributed by atoms with Gasteiger partial charge in [-0.15, -0.1) is 10.2 Å². The highest BCUT2D eigenvalue weighted by atomic mass is 19.1. The molecule has 4 nitrogen and oxygen atoms in total. The summed E-state index contributed by atoms with van der Waals surface area (Å²) in [5.41, 5.74) is 0.820. The molecule has 0 aliphatic heterocycles. The molecule has 0 aliphatic rings. The van der Waals surface area contributed by atoms with Gasteiger partial charge in [-0.3, -0.25) is 0 Å². The smallest absolute Gasteiger partial charge is 0.236 e. The number of benzene rings is 1. The van der Waals surface area contributed by atoms with Crippen LogP contribution in [0.15, 0.2) is 34.9 Å². The van der Waals surface area contributed by atoms with Crippen molar-refractivity contribution < 1.29 is 8.81 Å². The third kappa shape index (κ3) is 1.69. The highest BCUT2D eigenvalue weighted by Crippen LogP contribution is 2.19. The lowest BCUT2D eigenvalue weighted by molar-refractivity contribution is 0.457. The van der Waals surface area contributed by atoms with E-state index in [9.17, 15) is 4.39 Å². The van der Waals surface area contributed by atoms with Gasteiger partial charge in [-0.05, 0) is 18.2 Å². The molecule has 3 rings (SSSR count). The van der Waals surface area contributed by atoms with E-state index in [1.807, 2.05) is 16.8 Å². The molecule has 0 amide bonds. The monoisotopic (exact) mass is 231 g/mol. The Balaban J connectivity index is 2.04. The van der Waals surface area contributed by atoms with Gasteiger partial charge in [-0.25, -0.2) is 4.39 Å². The third-order valence-corrected chi connectivity index (χ3v) is 2.63. The minimum atomic E-state index is -0.219. The van der Waals surface area contributed by atoms with Crippen LogP contribution in [0.4, 0.5) is 4.39 Å². The van der Waals surface area contributed by atoms with Gasteiger partial charge in [0.2, 0.25) is 11.8 Å². The maximum Gasteiger partial charge on any atom is 0.236 e. The van der Waals surface area contributed by atoms with Crippen LogP contribution in [0.1, 0.15) is 11.8 Å². The van der Waals surface area contributed by atoms with Crippen LogP contribution in [0, 0.1) is 12.7 Å². The predicted molar refractivity (Wildman–Crippen MR) is 60.0 cm³/mol. The van der Waals surface area contributed by atoms with E-state index in [4.69, 9.17) is 4.42 Å². The molecule has 0 saturated carbocycles. The molecular weight excluding hydrogens is 221 g/mol. The Morgan fingerprint density at radius 2 is 2.18 bits per heavy atom. The molecule has 0 saturated heterocycles. The van der Waals surface area contributed by atoms with E-state index >= 15 is 0 Å². The number of rotatable bonds is 2. The topological polar surface area (TPSA) is 43.9 Å². The van der Waals surface area contributed by atoms with Crippen LogP contribution in [0.25, 0.3) is 10.9 Å². The number of halogens is 1. The number of fused-ring (bicyclic) bond motifs is 1. The first kappa shape index (κ1) is 10.0. The lowest BCUT2D eigenvalue weighted by Gasteiger charge is -2.01. The summed E-state index contributed by atoms with van der Waals surface area (Å²) in [4.78, 5) is 0. The summed E-state index contributed by atoms with van der Waals surface area (Å²) in [6.45, 7) is 2.19. The van der Waals surface area contributed by atoms with Gasteiger partial charge in [-0.2, -0.15) is 0 Å². The molecule has 0 N–H and O–H groups in total. The fraction of sp³-hybridized carbons (Fsp3) is 0.167. The maximum atomic E-state index is 13.5. The van der Waals surface area contributed by atoms with Crippen molar-refractivity contribution in [1.82, 2.24) is 14.8 Å². The second kappa shape index (κ2) is 3.69. The van der Waals surface area contributed by atoms with Crippen molar-refractivity contribution in [2.75, 3.05) is 0 Å². The Kier molecular flexibility index (Phi) is 2.18. The highest BCUT2D eigenvalue weighted by molar-refractivity contribution is 5.80. The summed E-state index contributed by atoms with van der Waals surface area (Å²) in [7, 11) is 0. The van der Waals surface area contributed by atoms with Gasteiger partial charge in [0.15, 0.2) is 0 Å². The summed E-state index contributed by atoms with van der Waals surface area (Å²) in [6, 6.07) is 6.74. The summed E-state index contributed by atoms with van der Waals surface area (Å²) in [6.07, 6.45) is 1.81. The zero-order valence-electron chi connectivity index (χ0n) is 9.22. The zero-order valence-corrected chi connectivity index (χ0v) is 9.22. The molecular formula is C12H10FN3O. The average molecular weight is 231 g/mol. The fourth-order valence-corrected chi connectivity index (χ4v) is 1.87. The van der Waals surface area contributed by atoms with Crippen molar-refractivity contribution in [2.24, 2.45) is 0 Å². The fourth-order valence-electron chi connectivity index (χ4n) is 1.87. The van der Waals surface area contributed by atoms with Crippen molar-refractivity contribution in [3.05, 3.63) is 48.1 Å². The van der Waals surface area contributed by atoms with Crippen LogP contribution in [0.5, 0.6) is 0 Å². The number of aromatic nitrogens is 3. The molecule has 1 aromatic carbocycles. The summed E-state index contributed by atoms with van der Waals surface area (Å²) < 4.78 is 20.7. The van der Waals surface area contributed by atoms with Gasteiger partial charge in [0, 0.05) is 18.5 Å². The molecule has 17 heavy (non-hydrogen) atoms. The van der Waals surface area contributed by atoms with Gasteiger partial charge in [0.25, 0.3) is 0 Å². The van der Waals surface area contributed by atoms with Gasteiger partial charge >= 0.3 is 0 Å². The van der Waals surface area contributed by atoms with Crippen molar-refractivity contribution in [1.29, 1.82) is 0 Å². The molecule has 3 aromatic rings. The summed E-state index contributed by atoms with van der Waals surface area (Å²) >= 11 is 0. The van der Waals surface area contributed by atoms with Gasteiger partial charge in [0.1, 0.15) is 12.4 Å². The van der Waals surface area contributed by atoms with Crippen LogP contribution >= 0.6 is 0 Å². The number of hydrogen-bond donors (Lipinski definition) is 0. The second-order valence-corrected chi connectivity index (χ2v) is 3.83. The molecule has 86 valence electrons. The molecule has 0 radical (unpaired) electrons. The molecule has 2 aromatic heterocycles. The van der Waals surface area contributed by atoms with Crippen LogP contribution in [-0.4, -0.2) is 14.8 Å². The van der Waals surface area contributed by atoms with E-state index < -0.39 is 0 Å². The number of aryl methyl sites for hydroxylation is 1. The van der Waals surface area contributed by atoms with Gasteiger partial charge < -0.3 is 8.98 Å². The van der Waals surface area contributed by atoms with Crippen LogP contribution < -0.4 is 0 Å². The molecule has 2 heterocycles. The van der Waals surface area contributed by atoms with E-state index in [0.717, 1.165) is 5.52 Å². The van der Waals surface area contributed by atoms with Crippen LogP contribution in [-0.2, 0) is 6.54 Å².